The van der Waals surface area contributed by atoms with E-state index in [9.17, 15) is 4.79 Å². The maximum Gasteiger partial charge on any atom is 0.224 e. The van der Waals surface area contributed by atoms with Crippen LogP contribution in [0.2, 0.25) is 0 Å². The van der Waals surface area contributed by atoms with Crippen LogP contribution in [0, 0.1) is 6.42 Å². The van der Waals surface area contributed by atoms with Gasteiger partial charge in [0.25, 0.3) is 0 Å². The van der Waals surface area contributed by atoms with Crippen LogP contribution in [0.1, 0.15) is 24.5 Å². The Balaban J connectivity index is 2.36. The Hall–Kier alpha value is -1.31. The van der Waals surface area contributed by atoms with Gasteiger partial charge in [-0.05, 0) is 30.0 Å². The van der Waals surface area contributed by atoms with E-state index in [1.54, 1.807) is 0 Å². The number of benzene rings is 1. The van der Waals surface area contributed by atoms with Crippen LogP contribution in [-0.4, -0.2) is 5.91 Å². The van der Waals surface area contributed by atoms with Crippen LogP contribution in [0.5, 0.6) is 0 Å². The van der Waals surface area contributed by atoms with Crippen molar-refractivity contribution in [3.63, 3.8) is 0 Å². The van der Waals surface area contributed by atoms with Crippen molar-refractivity contribution in [3.8, 4) is 0 Å². The third-order valence-electron chi connectivity index (χ3n) is 2.36. The molecule has 2 heteroatoms. The molecule has 0 aromatic heterocycles. The Morgan fingerprint density at radius 2 is 2.23 bits per heavy atom. The Morgan fingerprint density at radius 1 is 1.38 bits per heavy atom. The molecule has 1 aliphatic rings. The topological polar surface area (TPSA) is 29.1 Å². The summed E-state index contributed by atoms with van der Waals surface area (Å²) in [5.41, 5.74) is 3.44. The van der Waals surface area contributed by atoms with E-state index in [2.05, 4.69) is 17.8 Å². The predicted octanol–water partition coefficient (Wildman–Crippen LogP) is 2.14. The summed E-state index contributed by atoms with van der Waals surface area (Å²) >= 11 is 0. The summed E-state index contributed by atoms with van der Waals surface area (Å²) in [5.74, 6) is 0.126. The standard InChI is InChI=1S/C11H12NO/c1-2-8-3-5-10-9(7-8)4-6-11(13)12-10/h2-3,5,7H,4,6H2,1H3,(H,12,13). The highest BCUT2D eigenvalue weighted by atomic mass is 16.1. The van der Waals surface area contributed by atoms with Crippen molar-refractivity contribution in [2.45, 2.75) is 19.8 Å². The lowest BCUT2D eigenvalue weighted by atomic mass is 10.00. The van der Waals surface area contributed by atoms with Gasteiger partial charge < -0.3 is 5.32 Å². The van der Waals surface area contributed by atoms with Gasteiger partial charge in [-0.25, -0.2) is 0 Å². The fourth-order valence-corrected chi connectivity index (χ4v) is 1.58. The van der Waals surface area contributed by atoms with Gasteiger partial charge in [-0.15, -0.1) is 0 Å². The van der Waals surface area contributed by atoms with Crippen molar-refractivity contribution >= 4 is 11.6 Å². The van der Waals surface area contributed by atoms with Gasteiger partial charge in [0.05, 0.1) is 0 Å². The van der Waals surface area contributed by atoms with Crippen molar-refractivity contribution in [3.05, 3.63) is 35.7 Å². The molecule has 2 rings (SSSR count). The SMILES string of the molecule is C[CH]c1ccc2c(c1)CCC(=O)N2. The number of hydrogen-bond acceptors (Lipinski definition) is 1. The molecule has 13 heavy (non-hydrogen) atoms. The lowest BCUT2D eigenvalue weighted by Crippen LogP contribution is -2.18. The summed E-state index contributed by atoms with van der Waals surface area (Å²) in [6.45, 7) is 2.02. The number of nitrogens with one attached hydrogen (secondary N) is 1. The maximum atomic E-state index is 11.1. The van der Waals surface area contributed by atoms with Crippen molar-refractivity contribution < 1.29 is 4.79 Å². The fourth-order valence-electron chi connectivity index (χ4n) is 1.58. The number of hydrogen-bond donors (Lipinski definition) is 1. The summed E-state index contributed by atoms with van der Waals surface area (Å²) in [6, 6.07) is 6.13. The predicted molar refractivity (Wildman–Crippen MR) is 52.5 cm³/mol. The second kappa shape index (κ2) is 3.21. The number of carbonyl (C=O) groups is 1. The molecule has 0 saturated carbocycles. The number of aryl methyl sites for hydroxylation is 1. The maximum absolute atomic E-state index is 11.1. The molecule has 67 valence electrons. The monoisotopic (exact) mass is 174 g/mol. The zero-order valence-electron chi connectivity index (χ0n) is 7.63. The third-order valence-corrected chi connectivity index (χ3v) is 2.36. The summed E-state index contributed by atoms with van der Waals surface area (Å²) in [6.07, 6.45) is 3.54. The first kappa shape index (κ1) is 8.30. The van der Waals surface area contributed by atoms with Crippen molar-refractivity contribution in [1.82, 2.24) is 0 Å². The van der Waals surface area contributed by atoms with E-state index >= 15 is 0 Å². The van der Waals surface area contributed by atoms with E-state index in [0.29, 0.717) is 6.42 Å². The molecule has 0 unspecified atom stereocenters. The minimum Gasteiger partial charge on any atom is -0.326 e. The lowest BCUT2D eigenvalue weighted by Gasteiger charge is -2.17. The molecule has 1 amide bonds. The molecule has 0 saturated heterocycles. The summed E-state index contributed by atoms with van der Waals surface area (Å²) < 4.78 is 0. The minimum atomic E-state index is 0.126. The van der Waals surface area contributed by atoms with Gasteiger partial charge in [0.15, 0.2) is 0 Å². The first-order chi connectivity index (χ1) is 6.29. The minimum absolute atomic E-state index is 0.126. The fraction of sp³-hybridized carbons (Fsp3) is 0.273. The van der Waals surface area contributed by atoms with E-state index in [1.807, 2.05) is 19.1 Å². The van der Waals surface area contributed by atoms with Gasteiger partial charge in [0, 0.05) is 12.1 Å². The van der Waals surface area contributed by atoms with Gasteiger partial charge in [-0.3, -0.25) is 4.79 Å². The molecule has 1 heterocycles. The van der Waals surface area contributed by atoms with E-state index in [-0.39, 0.29) is 5.91 Å². The quantitative estimate of drug-likeness (QED) is 0.694. The molecule has 2 nitrogen and oxygen atoms in total. The number of amides is 1. The molecular weight excluding hydrogens is 162 g/mol. The first-order valence-electron chi connectivity index (χ1n) is 4.52. The number of fused-ring (bicyclic) bond motifs is 1. The van der Waals surface area contributed by atoms with Gasteiger partial charge in [-0.2, -0.15) is 0 Å². The van der Waals surface area contributed by atoms with Crippen molar-refractivity contribution in [2.75, 3.05) is 5.32 Å². The van der Waals surface area contributed by atoms with Gasteiger partial charge in [0.1, 0.15) is 0 Å². The molecule has 0 fully saturated rings. The largest absolute Gasteiger partial charge is 0.326 e. The van der Waals surface area contributed by atoms with Crippen LogP contribution in [0.15, 0.2) is 18.2 Å². The number of carbonyl (C=O) groups excluding carboxylic acids is 1. The van der Waals surface area contributed by atoms with Crippen LogP contribution < -0.4 is 5.32 Å². The molecule has 1 N–H and O–H groups in total. The molecule has 0 spiro atoms. The first-order valence-corrected chi connectivity index (χ1v) is 4.52. The Bertz CT molecular complexity index is 344. The Kier molecular flexibility index (Phi) is 2.05. The van der Waals surface area contributed by atoms with E-state index in [0.717, 1.165) is 12.1 Å². The van der Waals surface area contributed by atoms with Crippen LogP contribution in [0.4, 0.5) is 5.69 Å². The average molecular weight is 174 g/mol. The van der Waals surface area contributed by atoms with Crippen LogP contribution >= 0.6 is 0 Å². The molecule has 0 atom stereocenters. The molecule has 1 aromatic carbocycles. The average Bonchev–Trinajstić information content (AvgIpc) is 2.17. The Labute approximate surface area is 78.0 Å². The zero-order valence-corrected chi connectivity index (χ0v) is 7.63. The second-order valence-electron chi connectivity index (χ2n) is 3.25. The zero-order chi connectivity index (χ0) is 9.26. The highest BCUT2D eigenvalue weighted by molar-refractivity contribution is 5.93. The third kappa shape index (κ3) is 1.57. The molecule has 0 bridgehead atoms. The molecular formula is C11H12NO. The summed E-state index contributed by atoms with van der Waals surface area (Å²) in [5, 5.41) is 2.86. The normalized spacial score (nSPS) is 15.0. The second-order valence-corrected chi connectivity index (χ2v) is 3.25. The summed E-state index contributed by atoms with van der Waals surface area (Å²) in [4.78, 5) is 11.1. The number of rotatable bonds is 1. The molecule has 1 radical (unpaired) electrons. The lowest BCUT2D eigenvalue weighted by molar-refractivity contribution is -0.116. The van der Waals surface area contributed by atoms with Gasteiger partial charge in [-0.1, -0.05) is 19.1 Å². The molecule has 1 aromatic rings. The van der Waals surface area contributed by atoms with Crippen molar-refractivity contribution in [1.29, 1.82) is 0 Å². The van der Waals surface area contributed by atoms with Crippen LogP contribution in [-0.2, 0) is 11.2 Å². The van der Waals surface area contributed by atoms with Crippen LogP contribution in [0.25, 0.3) is 0 Å². The van der Waals surface area contributed by atoms with Crippen molar-refractivity contribution in [2.24, 2.45) is 0 Å². The highest BCUT2D eigenvalue weighted by Gasteiger charge is 2.13. The summed E-state index contributed by atoms with van der Waals surface area (Å²) in [7, 11) is 0. The molecule has 1 aliphatic heterocycles. The highest BCUT2D eigenvalue weighted by Crippen LogP contribution is 2.23. The molecule has 0 aliphatic carbocycles. The number of anilines is 1. The smallest absolute Gasteiger partial charge is 0.224 e. The van der Waals surface area contributed by atoms with Crippen LogP contribution in [0.3, 0.4) is 0 Å². The van der Waals surface area contributed by atoms with E-state index < -0.39 is 0 Å². The Morgan fingerprint density at radius 3 is 3.00 bits per heavy atom. The van der Waals surface area contributed by atoms with Gasteiger partial charge in [0.2, 0.25) is 5.91 Å². The van der Waals surface area contributed by atoms with E-state index in [1.165, 1.54) is 11.1 Å². The van der Waals surface area contributed by atoms with E-state index in [4.69, 9.17) is 0 Å². The van der Waals surface area contributed by atoms with Gasteiger partial charge >= 0.3 is 0 Å².